The van der Waals surface area contributed by atoms with Gasteiger partial charge in [-0.25, -0.2) is 8.42 Å². The standard InChI is InChI=1S/C18H24N2O3S/c1-13-11-17(13)18(21)19-7-9-20(10-8-19)24(22,23)16-6-5-14-3-2-4-15(14)12-16/h5-6,12-13,17H,2-4,7-11H2,1H3/t13-,17+/m0/s1. The maximum absolute atomic E-state index is 12.9. The Morgan fingerprint density at radius 1 is 1.08 bits per heavy atom. The lowest BCUT2D eigenvalue weighted by Gasteiger charge is -2.34. The van der Waals surface area contributed by atoms with E-state index in [-0.39, 0.29) is 11.8 Å². The summed E-state index contributed by atoms with van der Waals surface area (Å²) in [6.45, 7) is 3.90. The van der Waals surface area contributed by atoms with Crippen LogP contribution in [0.5, 0.6) is 0 Å². The van der Waals surface area contributed by atoms with Gasteiger partial charge in [-0.1, -0.05) is 13.0 Å². The Labute approximate surface area is 143 Å². The number of carbonyl (C=O) groups excluding carboxylic acids is 1. The Hall–Kier alpha value is -1.40. The summed E-state index contributed by atoms with van der Waals surface area (Å²) < 4.78 is 27.3. The van der Waals surface area contributed by atoms with Gasteiger partial charge < -0.3 is 4.90 Å². The number of hydrogen-bond acceptors (Lipinski definition) is 3. The minimum atomic E-state index is -3.45. The number of hydrogen-bond donors (Lipinski definition) is 0. The van der Waals surface area contributed by atoms with Crippen LogP contribution >= 0.6 is 0 Å². The predicted molar refractivity (Wildman–Crippen MR) is 91.1 cm³/mol. The highest BCUT2D eigenvalue weighted by Crippen LogP contribution is 2.39. The Morgan fingerprint density at radius 3 is 2.42 bits per heavy atom. The van der Waals surface area contributed by atoms with E-state index in [4.69, 9.17) is 0 Å². The van der Waals surface area contributed by atoms with E-state index >= 15 is 0 Å². The number of rotatable bonds is 3. The maximum Gasteiger partial charge on any atom is 0.243 e. The van der Waals surface area contributed by atoms with Crippen molar-refractivity contribution in [1.82, 2.24) is 9.21 Å². The van der Waals surface area contributed by atoms with E-state index in [1.54, 1.807) is 6.07 Å². The highest BCUT2D eigenvalue weighted by molar-refractivity contribution is 7.89. The van der Waals surface area contributed by atoms with Gasteiger partial charge in [-0.05, 0) is 54.9 Å². The van der Waals surface area contributed by atoms with Gasteiger partial charge in [0.2, 0.25) is 15.9 Å². The molecule has 1 saturated carbocycles. The summed E-state index contributed by atoms with van der Waals surface area (Å²) in [6.07, 6.45) is 4.11. The number of benzene rings is 1. The van der Waals surface area contributed by atoms with Crippen molar-refractivity contribution in [3.63, 3.8) is 0 Å². The first kappa shape index (κ1) is 16.1. The first-order chi connectivity index (χ1) is 11.5. The first-order valence-corrected chi connectivity index (χ1v) is 10.3. The van der Waals surface area contributed by atoms with Crippen LogP contribution in [0.15, 0.2) is 23.1 Å². The second-order valence-electron chi connectivity index (χ2n) is 7.33. The van der Waals surface area contributed by atoms with Gasteiger partial charge in [-0.15, -0.1) is 0 Å². The summed E-state index contributed by atoms with van der Waals surface area (Å²) in [5, 5.41) is 0. The number of nitrogens with zero attached hydrogens (tertiary/aromatic N) is 2. The van der Waals surface area contributed by atoms with Crippen molar-refractivity contribution in [2.75, 3.05) is 26.2 Å². The molecule has 4 rings (SSSR count). The molecular formula is C18H24N2O3S. The molecule has 0 radical (unpaired) electrons. The number of carbonyl (C=O) groups is 1. The van der Waals surface area contributed by atoms with E-state index < -0.39 is 10.0 Å². The van der Waals surface area contributed by atoms with E-state index in [2.05, 4.69) is 6.92 Å². The van der Waals surface area contributed by atoms with Gasteiger partial charge in [0, 0.05) is 32.1 Å². The Morgan fingerprint density at radius 2 is 1.75 bits per heavy atom. The highest BCUT2D eigenvalue weighted by Gasteiger charge is 2.42. The van der Waals surface area contributed by atoms with E-state index in [0.29, 0.717) is 37.0 Å². The van der Waals surface area contributed by atoms with Crippen molar-refractivity contribution in [2.45, 2.75) is 37.5 Å². The monoisotopic (exact) mass is 348 g/mol. The molecule has 1 aliphatic heterocycles. The topological polar surface area (TPSA) is 57.7 Å². The molecule has 0 bridgehead atoms. The van der Waals surface area contributed by atoms with Crippen LogP contribution in [0.25, 0.3) is 0 Å². The quantitative estimate of drug-likeness (QED) is 0.835. The molecule has 130 valence electrons. The number of fused-ring (bicyclic) bond motifs is 1. The summed E-state index contributed by atoms with van der Waals surface area (Å²) in [5.41, 5.74) is 2.45. The second kappa shape index (κ2) is 5.85. The maximum atomic E-state index is 12.9. The van der Waals surface area contributed by atoms with Crippen LogP contribution in [0.2, 0.25) is 0 Å². The fraction of sp³-hybridized carbons (Fsp3) is 0.611. The summed E-state index contributed by atoms with van der Waals surface area (Å²) >= 11 is 0. The van der Waals surface area contributed by atoms with Crippen molar-refractivity contribution in [1.29, 1.82) is 0 Å². The van der Waals surface area contributed by atoms with Crippen LogP contribution in [-0.4, -0.2) is 49.7 Å². The number of piperazine rings is 1. The molecule has 1 aromatic rings. The fourth-order valence-electron chi connectivity index (χ4n) is 3.91. The minimum Gasteiger partial charge on any atom is -0.340 e. The Bertz CT molecular complexity index is 766. The third kappa shape index (κ3) is 2.75. The molecule has 0 unspecified atom stereocenters. The zero-order valence-electron chi connectivity index (χ0n) is 14.1. The van der Waals surface area contributed by atoms with Crippen molar-refractivity contribution in [3.05, 3.63) is 29.3 Å². The molecule has 24 heavy (non-hydrogen) atoms. The van der Waals surface area contributed by atoms with Crippen molar-refractivity contribution < 1.29 is 13.2 Å². The highest BCUT2D eigenvalue weighted by atomic mass is 32.2. The molecule has 2 fully saturated rings. The lowest BCUT2D eigenvalue weighted by Crippen LogP contribution is -2.51. The molecule has 1 saturated heterocycles. The largest absolute Gasteiger partial charge is 0.340 e. The minimum absolute atomic E-state index is 0.171. The molecule has 1 amide bonds. The van der Waals surface area contributed by atoms with Gasteiger partial charge in [-0.2, -0.15) is 4.31 Å². The lowest BCUT2D eigenvalue weighted by atomic mass is 10.1. The smallest absolute Gasteiger partial charge is 0.243 e. The molecule has 3 aliphatic rings. The normalized spacial score (nSPS) is 27.1. The zero-order valence-corrected chi connectivity index (χ0v) is 14.9. The van der Waals surface area contributed by atoms with Gasteiger partial charge in [-0.3, -0.25) is 4.79 Å². The van der Waals surface area contributed by atoms with Gasteiger partial charge in [0.05, 0.1) is 4.90 Å². The SMILES string of the molecule is C[C@H]1C[C@H]1C(=O)N1CCN(S(=O)(=O)c2ccc3c(c2)CCC3)CC1. The summed E-state index contributed by atoms with van der Waals surface area (Å²) in [5.74, 6) is 0.868. The fourth-order valence-corrected chi connectivity index (χ4v) is 5.38. The van der Waals surface area contributed by atoms with Crippen LogP contribution in [0.1, 0.15) is 30.9 Å². The molecular weight excluding hydrogens is 324 g/mol. The molecule has 0 spiro atoms. The van der Waals surface area contributed by atoms with E-state index in [0.717, 1.165) is 25.7 Å². The predicted octanol–water partition coefficient (Wildman–Crippen LogP) is 1.66. The molecule has 2 atom stereocenters. The van der Waals surface area contributed by atoms with Crippen LogP contribution in [0.3, 0.4) is 0 Å². The average Bonchev–Trinajstić information content (AvgIpc) is 3.13. The third-order valence-corrected chi connectivity index (χ3v) is 7.58. The Kier molecular flexibility index (Phi) is 3.92. The van der Waals surface area contributed by atoms with Crippen molar-refractivity contribution in [2.24, 2.45) is 11.8 Å². The van der Waals surface area contributed by atoms with Gasteiger partial charge >= 0.3 is 0 Å². The van der Waals surface area contributed by atoms with Crippen molar-refractivity contribution >= 4 is 15.9 Å². The molecule has 1 heterocycles. The van der Waals surface area contributed by atoms with Crippen LogP contribution in [0, 0.1) is 11.8 Å². The average molecular weight is 348 g/mol. The van der Waals surface area contributed by atoms with Crippen molar-refractivity contribution in [3.8, 4) is 0 Å². The first-order valence-electron chi connectivity index (χ1n) is 8.87. The van der Waals surface area contributed by atoms with Crippen LogP contribution in [0.4, 0.5) is 0 Å². The number of amides is 1. The third-order valence-electron chi connectivity index (χ3n) is 5.68. The molecule has 6 heteroatoms. The number of aryl methyl sites for hydroxylation is 2. The molecule has 0 aromatic heterocycles. The molecule has 0 N–H and O–H groups in total. The van der Waals surface area contributed by atoms with E-state index in [1.807, 2.05) is 17.0 Å². The Balaban J connectivity index is 1.45. The van der Waals surface area contributed by atoms with Crippen LogP contribution in [-0.2, 0) is 27.7 Å². The van der Waals surface area contributed by atoms with Gasteiger partial charge in [0.25, 0.3) is 0 Å². The molecule has 2 aliphatic carbocycles. The summed E-state index contributed by atoms with van der Waals surface area (Å²) in [7, 11) is -3.45. The second-order valence-corrected chi connectivity index (χ2v) is 9.27. The summed E-state index contributed by atoms with van der Waals surface area (Å²) in [6, 6.07) is 5.55. The summed E-state index contributed by atoms with van der Waals surface area (Å²) in [4.78, 5) is 14.5. The van der Waals surface area contributed by atoms with Gasteiger partial charge in [0.1, 0.15) is 0 Å². The van der Waals surface area contributed by atoms with Crippen LogP contribution < -0.4 is 0 Å². The van der Waals surface area contributed by atoms with E-state index in [1.165, 1.54) is 15.4 Å². The molecule has 1 aromatic carbocycles. The molecule has 5 nitrogen and oxygen atoms in total. The number of sulfonamides is 1. The van der Waals surface area contributed by atoms with E-state index in [9.17, 15) is 13.2 Å². The zero-order chi connectivity index (χ0) is 16.9. The van der Waals surface area contributed by atoms with Gasteiger partial charge in [0.15, 0.2) is 0 Å². The lowest BCUT2D eigenvalue weighted by molar-refractivity contribution is -0.134.